The second-order valence-corrected chi connectivity index (χ2v) is 6.92. The molecule has 0 saturated carbocycles. The van der Waals surface area contributed by atoms with E-state index in [-0.39, 0.29) is 23.3 Å². The number of hydrogen-bond donors (Lipinski definition) is 1. The van der Waals surface area contributed by atoms with E-state index < -0.39 is 11.6 Å². The Bertz CT molecular complexity index is 794. The summed E-state index contributed by atoms with van der Waals surface area (Å²) in [4.78, 5) is 18.8. The molecule has 5 nitrogen and oxygen atoms in total. The topological polar surface area (TPSA) is 58.4 Å². The third-order valence-corrected chi connectivity index (χ3v) is 5.25. The minimum Gasteiger partial charge on any atom is -0.441 e. The average Bonchev–Trinajstić information content (AvgIpc) is 3.16. The Hall–Kier alpha value is -2.28. The molecule has 2 saturated heterocycles. The van der Waals surface area contributed by atoms with Gasteiger partial charge in [-0.25, -0.2) is 13.8 Å². The number of carbonyl (C=O) groups is 1. The summed E-state index contributed by atoms with van der Waals surface area (Å²) >= 11 is 0. The van der Waals surface area contributed by atoms with Crippen molar-refractivity contribution in [2.45, 2.75) is 44.2 Å². The zero-order valence-electron chi connectivity index (χ0n) is 14.4. The highest BCUT2D eigenvalue weighted by atomic mass is 19.1. The number of nitrogens with zero attached hydrogens (tertiary/aromatic N) is 2. The number of amides is 1. The molecular weight excluding hydrogens is 340 g/mol. The van der Waals surface area contributed by atoms with Crippen LogP contribution in [-0.4, -0.2) is 41.0 Å². The first-order valence-electron chi connectivity index (χ1n) is 9.04. The number of oxazole rings is 1. The van der Waals surface area contributed by atoms with Crippen LogP contribution in [0.15, 0.2) is 28.8 Å². The van der Waals surface area contributed by atoms with Gasteiger partial charge in [0.05, 0.1) is 11.8 Å². The number of rotatable bonds is 4. The largest absolute Gasteiger partial charge is 0.441 e. The van der Waals surface area contributed by atoms with Gasteiger partial charge in [-0.15, -0.1) is 0 Å². The van der Waals surface area contributed by atoms with Crippen molar-refractivity contribution in [3.05, 3.63) is 41.9 Å². The third-order valence-electron chi connectivity index (χ3n) is 5.25. The Morgan fingerprint density at radius 2 is 2.12 bits per heavy atom. The van der Waals surface area contributed by atoms with Crippen LogP contribution < -0.4 is 5.32 Å². The van der Waals surface area contributed by atoms with Gasteiger partial charge in [-0.3, -0.25) is 4.79 Å². The van der Waals surface area contributed by atoms with Gasteiger partial charge in [0.25, 0.3) is 0 Å². The first-order valence-corrected chi connectivity index (χ1v) is 9.04. The van der Waals surface area contributed by atoms with Crippen LogP contribution in [0.4, 0.5) is 8.78 Å². The van der Waals surface area contributed by atoms with Crippen molar-refractivity contribution in [1.29, 1.82) is 0 Å². The molecule has 3 heterocycles. The van der Waals surface area contributed by atoms with Crippen LogP contribution in [0.3, 0.4) is 0 Å². The number of benzene rings is 1. The fourth-order valence-electron chi connectivity index (χ4n) is 3.97. The van der Waals surface area contributed by atoms with E-state index >= 15 is 0 Å². The van der Waals surface area contributed by atoms with Crippen molar-refractivity contribution in [1.82, 2.24) is 15.2 Å². The van der Waals surface area contributed by atoms with Crippen molar-refractivity contribution < 1.29 is 18.0 Å². The second kappa shape index (κ2) is 7.15. The normalized spacial score (nSPS) is 22.5. The van der Waals surface area contributed by atoms with E-state index in [4.69, 9.17) is 4.42 Å². The van der Waals surface area contributed by atoms with Crippen LogP contribution in [0.25, 0.3) is 11.3 Å². The molecule has 0 aliphatic carbocycles. The van der Waals surface area contributed by atoms with E-state index in [2.05, 4.69) is 10.3 Å². The van der Waals surface area contributed by atoms with E-state index in [0.29, 0.717) is 24.8 Å². The van der Waals surface area contributed by atoms with E-state index in [9.17, 15) is 13.6 Å². The molecule has 1 amide bonds. The molecule has 2 aliphatic rings. The van der Waals surface area contributed by atoms with Crippen LogP contribution in [-0.2, 0) is 11.2 Å². The number of halogens is 2. The van der Waals surface area contributed by atoms with Crippen molar-refractivity contribution in [3.8, 4) is 11.3 Å². The maximum Gasteiger partial charge on any atom is 0.223 e. The summed E-state index contributed by atoms with van der Waals surface area (Å²) in [5.41, 5.74) is 0.160. The van der Waals surface area contributed by atoms with E-state index in [0.717, 1.165) is 38.4 Å². The molecule has 2 bridgehead atoms. The quantitative estimate of drug-likeness (QED) is 0.910. The standard InChI is InChI=1S/C19H21F2N3O2/c20-12-1-4-15(16(21)9-12)17-11-23-18(26-17)5-6-19(25)24-13-2-3-14(24)10-22-8-7-13/h1,4,9,11,13-14,22H,2-3,5-8,10H2. The highest BCUT2D eigenvalue weighted by molar-refractivity contribution is 5.77. The minimum atomic E-state index is -0.697. The van der Waals surface area contributed by atoms with Gasteiger partial charge in [-0.2, -0.15) is 0 Å². The fraction of sp³-hybridized carbons (Fsp3) is 0.474. The lowest BCUT2D eigenvalue weighted by Gasteiger charge is -2.27. The second-order valence-electron chi connectivity index (χ2n) is 6.92. The van der Waals surface area contributed by atoms with Crippen molar-refractivity contribution >= 4 is 5.91 Å². The Labute approximate surface area is 150 Å². The smallest absolute Gasteiger partial charge is 0.223 e. The molecule has 1 aromatic heterocycles. The van der Waals surface area contributed by atoms with Gasteiger partial charge >= 0.3 is 0 Å². The van der Waals surface area contributed by atoms with E-state index in [1.165, 1.54) is 18.3 Å². The highest BCUT2D eigenvalue weighted by Gasteiger charge is 2.37. The first kappa shape index (κ1) is 17.1. The van der Waals surface area contributed by atoms with Gasteiger partial charge < -0.3 is 14.6 Å². The molecule has 138 valence electrons. The van der Waals surface area contributed by atoms with Crippen LogP contribution in [0.5, 0.6) is 0 Å². The fourth-order valence-corrected chi connectivity index (χ4v) is 3.97. The molecule has 2 aromatic rings. The molecule has 7 heteroatoms. The van der Waals surface area contributed by atoms with E-state index in [1.807, 2.05) is 4.90 Å². The summed E-state index contributed by atoms with van der Waals surface area (Å²) in [7, 11) is 0. The molecule has 1 aromatic carbocycles. The first-order chi connectivity index (χ1) is 12.6. The summed E-state index contributed by atoms with van der Waals surface area (Å²) in [6.07, 6.45) is 5.22. The van der Waals surface area contributed by atoms with Crippen LogP contribution in [0.2, 0.25) is 0 Å². The number of aryl methyl sites for hydroxylation is 1. The molecule has 26 heavy (non-hydrogen) atoms. The molecule has 2 unspecified atom stereocenters. The zero-order valence-corrected chi connectivity index (χ0v) is 14.4. The Kier molecular flexibility index (Phi) is 4.72. The SMILES string of the molecule is O=C(CCc1ncc(-c2ccc(F)cc2F)o1)N1C2CCNCC1CC2. The third kappa shape index (κ3) is 3.35. The Morgan fingerprint density at radius 1 is 1.27 bits per heavy atom. The molecule has 2 aliphatic heterocycles. The van der Waals surface area contributed by atoms with Crippen molar-refractivity contribution in [2.24, 2.45) is 0 Å². The zero-order chi connectivity index (χ0) is 18.1. The van der Waals surface area contributed by atoms with Gasteiger partial charge in [0.1, 0.15) is 11.6 Å². The predicted octanol–water partition coefficient (Wildman–Crippen LogP) is 2.91. The predicted molar refractivity (Wildman–Crippen MR) is 91.3 cm³/mol. The number of fused-ring (bicyclic) bond motifs is 2. The molecule has 2 fully saturated rings. The van der Waals surface area contributed by atoms with Crippen LogP contribution >= 0.6 is 0 Å². The molecule has 1 N–H and O–H groups in total. The van der Waals surface area contributed by atoms with Crippen molar-refractivity contribution in [3.63, 3.8) is 0 Å². The van der Waals surface area contributed by atoms with Crippen LogP contribution in [0.1, 0.15) is 31.6 Å². The van der Waals surface area contributed by atoms with Gasteiger partial charge in [0.2, 0.25) is 5.91 Å². The summed E-state index contributed by atoms with van der Waals surface area (Å²) in [6, 6.07) is 3.92. The summed E-state index contributed by atoms with van der Waals surface area (Å²) < 4.78 is 32.4. The molecular formula is C19H21F2N3O2. The maximum atomic E-state index is 13.8. The summed E-state index contributed by atoms with van der Waals surface area (Å²) in [5, 5.41) is 3.38. The highest BCUT2D eigenvalue weighted by Crippen LogP contribution is 2.29. The molecule has 4 rings (SSSR count). The molecule has 0 spiro atoms. The number of hydrogen-bond acceptors (Lipinski definition) is 4. The van der Waals surface area contributed by atoms with Gasteiger partial charge in [-0.05, 0) is 37.9 Å². The lowest BCUT2D eigenvalue weighted by Crippen LogP contribution is -2.42. The van der Waals surface area contributed by atoms with Crippen LogP contribution in [0, 0.1) is 11.6 Å². The number of aromatic nitrogens is 1. The molecule has 2 atom stereocenters. The maximum absolute atomic E-state index is 13.8. The lowest BCUT2D eigenvalue weighted by atomic mass is 10.1. The Morgan fingerprint density at radius 3 is 2.96 bits per heavy atom. The minimum absolute atomic E-state index is 0.119. The summed E-state index contributed by atoms with van der Waals surface area (Å²) in [6.45, 7) is 1.81. The van der Waals surface area contributed by atoms with Crippen molar-refractivity contribution in [2.75, 3.05) is 13.1 Å². The monoisotopic (exact) mass is 361 g/mol. The van der Waals surface area contributed by atoms with Gasteiger partial charge in [0.15, 0.2) is 11.7 Å². The average molecular weight is 361 g/mol. The number of carbonyl (C=O) groups excluding carboxylic acids is 1. The van der Waals surface area contributed by atoms with Gasteiger partial charge in [-0.1, -0.05) is 0 Å². The lowest BCUT2D eigenvalue weighted by molar-refractivity contribution is -0.133. The Balaban J connectivity index is 1.41. The number of nitrogens with one attached hydrogen (secondary N) is 1. The van der Waals surface area contributed by atoms with Gasteiger partial charge in [0, 0.05) is 37.5 Å². The summed E-state index contributed by atoms with van der Waals surface area (Å²) in [5.74, 6) is -0.592. The van der Waals surface area contributed by atoms with E-state index in [1.54, 1.807) is 0 Å². The molecule has 0 radical (unpaired) electrons.